The van der Waals surface area contributed by atoms with Crippen molar-refractivity contribution < 1.29 is 9.53 Å². The van der Waals surface area contributed by atoms with Gasteiger partial charge in [-0.05, 0) is 32.1 Å². The first-order chi connectivity index (χ1) is 11.1. The standard InChI is InChI=1S/C16H25N5O2/c1-3-4-9-18-15-13(14(17)22)10-19-16(21-15)20-11-5-7-12(23-2)8-6-11/h3,10-12H,1,4-9H2,2H3,(H2,17,22)(H2,18,19,20,21)/t11-,12-. The van der Waals surface area contributed by atoms with Crippen LogP contribution in [0.25, 0.3) is 0 Å². The van der Waals surface area contributed by atoms with Crippen molar-refractivity contribution in [1.82, 2.24) is 9.97 Å². The Hall–Kier alpha value is -2.15. The van der Waals surface area contributed by atoms with Crippen LogP contribution in [0.5, 0.6) is 0 Å². The molecule has 23 heavy (non-hydrogen) atoms. The molecule has 0 atom stereocenters. The molecular weight excluding hydrogens is 294 g/mol. The number of carbonyl (C=O) groups excluding carboxylic acids is 1. The molecule has 0 saturated heterocycles. The minimum absolute atomic E-state index is 0.294. The van der Waals surface area contributed by atoms with E-state index in [1.807, 2.05) is 0 Å². The fourth-order valence-electron chi connectivity index (χ4n) is 2.68. The molecule has 0 aromatic carbocycles. The van der Waals surface area contributed by atoms with Crippen molar-refractivity contribution in [2.75, 3.05) is 24.3 Å². The number of carbonyl (C=O) groups is 1. The maximum atomic E-state index is 11.5. The molecule has 1 amide bonds. The van der Waals surface area contributed by atoms with Crippen molar-refractivity contribution in [3.63, 3.8) is 0 Å². The Bertz CT molecular complexity index is 541. The van der Waals surface area contributed by atoms with Gasteiger partial charge in [0, 0.05) is 25.9 Å². The van der Waals surface area contributed by atoms with E-state index in [9.17, 15) is 4.79 Å². The summed E-state index contributed by atoms with van der Waals surface area (Å²) in [5, 5.41) is 6.44. The molecule has 1 saturated carbocycles. The van der Waals surface area contributed by atoms with Gasteiger partial charge in [-0.25, -0.2) is 4.98 Å². The predicted octanol–water partition coefficient (Wildman–Crippen LogP) is 1.93. The highest BCUT2D eigenvalue weighted by molar-refractivity contribution is 5.97. The molecule has 1 aliphatic carbocycles. The third kappa shape index (κ3) is 4.92. The summed E-state index contributed by atoms with van der Waals surface area (Å²) in [7, 11) is 1.76. The average Bonchev–Trinajstić information content (AvgIpc) is 2.56. The first-order valence-electron chi connectivity index (χ1n) is 7.95. The van der Waals surface area contributed by atoms with Gasteiger partial charge in [-0.1, -0.05) is 6.08 Å². The van der Waals surface area contributed by atoms with Crippen molar-refractivity contribution in [3.05, 3.63) is 24.4 Å². The number of nitrogens with one attached hydrogen (secondary N) is 2. The molecule has 1 fully saturated rings. The smallest absolute Gasteiger partial charge is 0.254 e. The molecule has 4 N–H and O–H groups in total. The Morgan fingerprint density at radius 1 is 1.48 bits per heavy atom. The van der Waals surface area contributed by atoms with Gasteiger partial charge in [0.15, 0.2) is 0 Å². The van der Waals surface area contributed by atoms with Gasteiger partial charge >= 0.3 is 0 Å². The summed E-state index contributed by atoms with van der Waals surface area (Å²) in [6.07, 6.45) is 8.46. The molecule has 126 valence electrons. The highest BCUT2D eigenvalue weighted by atomic mass is 16.5. The molecule has 0 unspecified atom stereocenters. The van der Waals surface area contributed by atoms with E-state index in [1.54, 1.807) is 13.2 Å². The quantitative estimate of drug-likeness (QED) is 0.500. The highest BCUT2D eigenvalue weighted by Gasteiger charge is 2.21. The lowest BCUT2D eigenvalue weighted by Crippen LogP contribution is -2.30. The number of amides is 1. The number of rotatable bonds is 8. The van der Waals surface area contributed by atoms with E-state index in [0.717, 1.165) is 32.1 Å². The van der Waals surface area contributed by atoms with E-state index in [-0.39, 0.29) is 0 Å². The summed E-state index contributed by atoms with van der Waals surface area (Å²) in [6.45, 7) is 4.31. The fraction of sp³-hybridized carbons (Fsp3) is 0.562. The van der Waals surface area contributed by atoms with E-state index in [4.69, 9.17) is 10.5 Å². The second-order valence-electron chi connectivity index (χ2n) is 5.68. The largest absolute Gasteiger partial charge is 0.381 e. The van der Waals surface area contributed by atoms with Crippen LogP contribution in [-0.4, -0.2) is 41.7 Å². The molecule has 0 bridgehead atoms. The van der Waals surface area contributed by atoms with Crippen LogP contribution in [0.15, 0.2) is 18.9 Å². The molecule has 0 aliphatic heterocycles. The zero-order chi connectivity index (χ0) is 16.7. The predicted molar refractivity (Wildman–Crippen MR) is 90.5 cm³/mol. The Morgan fingerprint density at radius 3 is 2.83 bits per heavy atom. The summed E-state index contributed by atoms with van der Waals surface area (Å²) in [4.78, 5) is 20.1. The second-order valence-corrected chi connectivity index (χ2v) is 5.68. The molecule has 1 heterocycles. The van der Waals surface area contributed by atoms with Gasteiger partial charge < -0.3 is 21.1 Å². The Morgan fingerprint density at radius 2 is 2.22 bits per heavy atom. The molecule has 0 spiro atoms. The number of anilines is 2. The maximum Gasteiger partial charge on any atom is 0.254 e. The minimum Gasteiger partial charge on any atom is -0.381 e. The zero-order valence-electron chi connectivity index (χ0n) is 13.5. The second kappa shape index (κ2) is 8.47. The van der Waals surface area contributed by atoms with Crippen LogP contribution in [-0.2, 0) is 4.74 Å². The SMILES string of the molecule is C=CCCNc1nc(N[C@H]2CC[C@H](OC)CC2)ncc1C(N)=O. The summed E-state index contributed by atoms with van der Waals surface area (Å²) in [6, 6.07) is 0.321. The van der Waals surface area contributed by atoms with Gasteiger partial charge in [0.05, 0.1) is 11.7 Å². The molecular formula is C16H25N5O2. The van der Waals surface area contributed by atoms with Gasteiger partial charge in [0.25, 0.3) is 5.91 Å². The van der Waals surface area contributed by atoms with Crippen LogP contribution < -0.4 is 16.4 Å². The van der Waals surface area contributed by atoms with E-state index >= 15 is 0 Å². The van der Waals surface area contributed by atoms with Crippen LogP contribution in [0.3, 0.4) is 0 Å². The number of primary amides is 1. The number of nitrogens with two attached hydrogens (primary N) is 1. The third-order valence-electron chi connectivity index (χ3n) is 4.04. The third-order valence-corrected chi connectivity index (χ3v) is 4.04. The van der Waals surface area contributed by atoms with Crippen molar-refractivity contribution >= 4 is 17.7 Å². The van der Waals surface area contributed by atoms with Crippen LogP contribution in [0.1, 0.15) is 42.5 Å². The normalized spacial score (nSPS) is 20.7. The Kier molecular flexibility index (Phi) is 6.34. The van der Waals surface area contributed by atoms with Crippen molar-refractivity contribution in [3.8, 4) is 0 Å². The average molecular weight is 319 g/mol. The summed E-state index contributed by atoms with van der Waals surface area (Å²) in [5.41, 5.74) is 5.66. The van der Waals surface area contributed by atoms with Gasteiger partial charge in [-0.3, -0.25) is 4.79 Å². The first kappa shape index (κ1) is 17.2. The van der Waals surface area contributed by atoms with Gasteiger partial charge in [-0.2, -0.15) is 4.98 Å². The molecule has 0 radical (unpaired) electrons. The summed E-state index contributed by atoms with van der Waals surface area (Å²) >= 11 is 0. The van der Waals surface area contributed by atoms with E-state index in [0.29, 0.717) is 36.0 Å². The molecule has 1 aliphatic rings. The maximum absolute atomic E-state index is 11.5. The lowest BCUT2D eigenvalue weighted by Gasteiger charge is -2.28. The minimum atomic E-state index is -0.543. The van der Waals surface area contributed by atoms with Gasteiger partial charge in [-0.15, -0.1) is 6.58 Å². The highest BCUT2D eigenvalue weighted by Crippen LogP contribution is 2.23. The molecule has 1 aromatic heterocycles. The van der Waals surface area contributed by atoms with Crippen LogP contribution in [0.4, 0.5) is 11.8 Å². The number of hydrogen-bond acceptors (Lipinski definition) is 6. The first-order valence-corrected chi connectivity index (χ1v) is 7.95. The van der Waals surface area contributed by atoms with Crippen LogP contribution in [0, 0.1) is 0 Å². The molecule has 7 heteroatoms. The van der Waals surface area contributed by atoms with Crippen molar-refractivity contribution in [2.45, 2.75) is 44.2 Å². The number of hydrogen-bond donors (Lipinski definition) is 3. The topological polar surface area (TPSA) is 102 Å². The number of methoxy groups -OCH3 is 1. The summed E-state index contributed by atoms with van der Waals surface area (Å²) < 4.78 is 5.38. The van der Waals surface area contributed by atoms with E-state index in [1.165, 1.54) is 6.20 Å². The van der Waals surface area contributed by atoms with Crippen molar-refractivity contribution in [1.29, 1.82) is 0 Å². The fourth-order valence-corrected chi connectivity index (χ4v) is 2.68. The number of nitrogens with zero attached hydrogens (tertiary/aromatic N) is 2. The molecule has 2 rings (SSSR count). The molecule has 7 nitrogen and oxygen atoms in total. The summed E-state index contributed by atoms with van der Waals surface area (Å²) in [5.74, 6) is 0.428. The van der Waals surface area contributed by atoms with E-state index < -0.39 is 5.91 Å². The number of ether oxygens (including phenoxy) is 1. The molecule has 1 aromatic rings. The van der Waals surface area contributed by atoms with Crippen LogP contribution in [0.2, 0.25) is 0 Å². The Balaban J connectivity index is 2.03. The Labute approximate surface area is 136 Å². The zero-order valence-corrected chi connectivity index (χ0v) is 13.5. The lowest BCUT2D eigenvalue weighted by atomic mass is 9.93. The van der Waals surface area contributed by atoms with E-state index in [2.05, 4.69) is 27.2 Å². The van der Waals surface area contributed by atoms with Gasteiger partial charge in [0.1, 0.15) is 5.82 Å². The van der Waals surface area contributed by atoms with Crippen molar-refractivity contribution in [2.24, 2.45) is 5.73 Å². The lowest BCUT2D eigenvalue weighted by molar-refractivity contribution is 0.0681. The number of aromatic nitrogens is 2. The monoisotopic (exact) mass is 319 g/mol. The van der Waals surface area contributed by atoms with Crippen LogP contribution >= 0.6 is 0 Å². The van der Waals surface area contributed by atoms with Gasteiger partial charge in [0.2, 0.25) is 5.95 Å².